The summed E-state index contributed by atoms with van der Waals surface area (Å²) in [6, 6.07) is 9.37. The third kappa shape index (κ3) is 4.91. The molecule has 0 saturated heterocycles. The molecule has 4 nitrogen and oxygen atoms in total. The van der Waals surface area contributed by atoms with Gasteiger partial charge in [-0.1, -0.05) is 0 Å². The fourth-order valence-corrected chi connectivity index (χ4v) is 2.40. The topological polar surface area (TPSA) is 62.5 Å². The fraction of sp³-hybridized carbons (Fsp3) is 0.267. The van der Waals surface area contributed by atoms with Gasteiger partial charge in [-0.15, -0.1) is 11.8 Å². The normalized spacial score (nSPS) is 12.1. The first-order valence-corrected chi connectivity index (χ1v) is 7.42. The lowest BCUT2D eigenvalue weighted by molar-refractivity contribution is -0.119. The predicted molar refractivity (Wildman–Crippen MR) is 78.5 cm³/mol. The Bertz CT molecular complexity index is 597. The van der Waals surface area contributed by atoms with E-state index in [1.165, 1.54) is 23.9 Å². The van der Waals surface area contributed by atoms with Gasteiger partial charge in [0.25, 0.3) is 0 Å². The summed E-state index contributed by atoms with van der Waals surface area (Å²) in [7, 11) is 0. The van der Waals surface area contributed by atoms with Gasteiger partial charge in [0.1, 0.15) is 23.4 Å². The van der Waals surface area contributed by atoms with Crippen LogP contribution in [0.3, 0.4) is 0 Å². The molecule has 6 heteroatoms. The van der Waals surface area contributed by atoms with Crippen molar-refractivity contribution in [3.63, 3.8) is 0 Å². The van der Waals surface area contributed by atoms with Crippen LogP contribution in [0.25, 0.3) is 0 Å². The summed E-state index contributed by atoms with van der Waals surface area (Å²) < 4.78 is 18.0. The lowest BCUT2D eigenvalue weighted by atomic mass is 10.3. The third-order valence-corrected chi connectivity index (χ3v) is 3.78. The van der Waals surface area contributed by atoms with E-state index in [4.69, 9.17) is 4.42 Å². The molecule has 2 rings (SSSR count). The monoisotopic (exact) mass is 309 g/mol. The van der Waals surface area contributed by atoms with Crippen molar-refractivity contribution < 1.29 is 18.7 Å². The predicted octanol–water partition coefficient (Wildman–Crippen LogP) is 2.67. The molecule has 0 saturated carbocycles. The molecule has 21 heavy (non-hydrogen) atoms. The number of hydrogen-bond acceptors (Lipinski definition) is 4. The minimum absolute atomic E-state index is 0.0930. The van der Waals surface area contributed by atoms with Gasteiger partial charge in [0.15, 0.2) is 0 Å². The van der Waals surface area contributed by atoms with Crippen LogP contribution in [0, 0.1) is 12.7 Å². The Hall–Kier alpha value is -1.79. The number of aliphatic hydroxyl groups is 1. The Morgan fingerprint density at radius 3 is 2.67 bits per heavy atom. The molecule has 0 radical (unpaired) electrons. The van der Waals surface area contributed by atoms with Crippen molar-refractivity contribution in [2.24, 2.45) is 0 Å². The molecule has 1 aromatic heterocycles. The highest BCUT2D eigenvalue weighted by Crippen LogP contribution is 2.18. The number of amides is 1. The molecule has 1 heterocycles. The van der Waals surface area contributed by atoms with Gasteiger partial charge in [-0.2, -0.15) is 0 Å². The number of carbonyl (C=O) groups is 1. The number of benzene rings is 1. The number of aliphatic hydroxyl groups excluding tert-OH is 1. The zero-order valence-corrected chi connectivity index (χ0v) is 12.3. The van der Waals surface area contributed by atoms with Crippen molar-refractivity contribution in [3.8, 4) is 0 Å². The second kappa shape index (κ2) is 7.28. The highest BCUT2D eigenvalue weighted by atomic mass is 32.2. The standard InChI is InChI=1S/C15H16FNO3S/c1-10-2-7-14(20-10)13(18)8-17-15(19)9-21-12-5-3-11(16)4-6-12/h2-7,13,18H,8-9H2,1H3,(H,17,19)/t13-/m1/s1. The molecule has 0 bridgehead atoms. The Morgan fingerprint density at radius 1 is 1.33 bits per heavy atom. The molecule has 0 aliphatic rings. The summed E-state index contributed by atoms with van der Waals surface area (Å²) in [5.41, 5.74) is 0. The molecular formula is C15H16FNO3S. The van der Waals surface area contributed by atoms with Crippen molar-refractivity contribution in [1.82, 2.24) is 5.32 Å². The van der Waals surface area contributed by atoms with Crippen LogP contribution in [-0.2, 0) is 4.79 Å². The number of thioether (sulfide) groups is 1. The van der Waals surface area contributed by atoms with Crippen LogP contribution in [-0.4, -0.2) is 23.3 Å². The minimum atomic E-state index is -0.863. The zero-order valence-electron chi connectivity index (χ0n) is 11.5. The molecule has 2 N–H and O–H groups in total. The Labute approximate surface area is 126 Å². The van der Waals surface area contributed by atoms with Crippen molar-refractivity contribution in [1.29, 1.82) is 0 Å². The van der Waals surface area contributed by atoms with Gasteiger partial charge in [-0.25, -0.2) is 4.39 Å². The van der Waals surface area contributed by atoms with Gasteiger partial charge < -0.3 is 14.8 Å². The molecule has 0 fully saturated rings. The SMILES string of the molecule is Cc1ccc([C@H](O)CNC(=O)CSc2ccc(F)cc2)o1. The number of aryl methyl sites for hydroxylation is 1. The summed E-state index contributed by atoms with van der Waals surface area (Å²) in [4.78, 5) is 12.5. The van der Waals surface area contributed by atoms with Gasteiger partial charge >= 0.3 is 0 Å². The maximum absolute atomic E-state index is 12.7. The molecule has 1 atom stereocenters. The maximum Gasteiger partial charge on any atom is 0.230 e. The average molecular weight is 309 g/mol. The van der Waals surface area contributed by atoms with Crippen molar-refractivity contribution in [2.75, 3.05) is 12.3 Å². The molecule has 2 aromatic rings. The Morgan fingerprint density at radius 2 is 2.05 bits per heavy atom. The van der Waals surface area contributed by atoms with E-state index in [0.717, 1.165) is 4.90 Å². The third-order valence-electron chi connectivity index (χ3n) is 2.77. The van der Waals surface area contributed by atoms with Gasteiger partial charge in [0.05, 0.1) is 12.3 Å². The lowest BCUT2D eigenvalue weighted by Gasteiger charge is -2.09. The molecule has 1 aromatic carbocycles. The van der Waals surface area contributed by atoms with Crippen LogP contribution in [0.5, 0.6) is 0 Å². The van der Waals surface area contributed by atoms with Gasteiger partial charge in [-0.05, 0) is 43.3 Å². The van der Waals surface area contributed by atoms with Gasteiger partial charge in [-0.3, -0.25) is 4.79 Å². The summed E-state index contributed by atoms with van der Waals surface area (Å²) in [5, 5.41) is 12.5. The van der Waals surface area contributed by atoms with Crippen LogP contribution in [0.2, 0.25) is 0 Å². The minimum Gasteiger partial charge on any atom is -0.464 e. The molecular weight excluding hydrogens is 293 g/mol. The summed E-state index contributed by atoms with van der Waals surface area (Å²) in [6.45, 7) is 1.88. The van der Waals surface area contributed by atoms with E-state index in [1.54, 1.807) is 31.2 Å². The van der Waals surface area contributed by atoms with E-state index in [2.05, 4.69) is 5.32 Å². The second-order valence-electron chi connectivity index (χ2n) is 4.51. The van der Waals surface area contributed by atoms with E-state index in [0.29, 0.717) is 11.5 Å². The van der Waals surface area contributed by atoms with E-state index >= 15 is 0 Å². The van der Waals surface area contributed by atoms with Crippen molar-refractivity contribution in [2.45, 2.75) is 17.9 Å². The summed E-state index contributed by atoms with van der Waals surface area (Å²) in [6.07, 6.45) is -0.863. The van der Waals surface area contributed by atoms with E-state index in [-0.39, 0.29) is 24.0 Å². The Balaban J connectivity index is 1.73. The van der Waals surface area contributed by atoms with E-state index in [9.17, 15) is 14.3 Å². The molecule has 0 aliphatic carbocycles. The van der Waals surface area contributed by atoms with E-state index in [1.807, 2.05) is 0 Å². The van der Waals surface area contributed by atoms with Gasteiger partial charge in [0.2, 0.25) is 5.91 Å². The fourth-order valence-electron chi connectivity index (χ4n) is 1.67. The number of furan rings is 1. The van der Waals surface area contributed by atoms with Crippen LogP contribution in [0.15, 0.2) is 45.7 Å². The van der Waals surface area contributed by atoms with Gasteiger partial charge in [0, 0.05) is 4.90 Å². The first-order valence-electron chi connectivity index (χ1n) is 6.44. The maximum atomic E-state index is 12.7. The first-order chi connectivity index (χ1) is 10.0. The molecule has 0 unspecified atom stereocenters. The smallest absolute Gasteiger partial charge is 0.230 e. The summed E-state index contributed by atoms with van der Waals surface area (Å²) >= 11 is 1.31. The van der Waals surface area contributed by atoms with Crippen LogP contribution >= 0.6 is 11.8 Å². The highest BCUT2D eigenvalue weighted by Gasteiger charge is 2.13. The van der Waals surface area contributed by atoms with E-state index < -0.39 is 6.10 Å². The number of rotatable bonds is 6. The highest BCUT2D eigenvalue weighted by molar-refractivity contribution is 8.00. The molecule has 1 amide bonds. The quantitative estimate of drug-likeness (QED) is 0.805. The number of hydrogen-bond donors (Lipinski definition) is 2. The van der Waals surface area contributed by atoms with Crippen LogP contribution < -0.4 is 5.32 Å². The second-order valence-corrected chi connectivity index (χ2v) is 5.56. The molecule has 0 aliphatic heterocycles. The lowest BCUT2D eigenvalue weighted by Crippen LogP contribution is -2.29. The number of carbonyl (C=O) groups excluding carboxylic acids is 1. The number of nitrogens with one attached hydrogen (secondary N) is 1. The largest absolute Gasteiger partial charge is 0.464 e. The van der Waals surface area contributed by atoms with Crippen molar-refractivity contribution in [3.05, 3.63) is 53.7 Å². The average Bonchev–Trinajstić information content (AvgIpc) is 2.91. The molecule has 112 valence electrons. The molecule has 0 spiro atoms. The van der Waals surface area contributed by atoms with Crippen LogP contribution in [0.1, 0.15) is 17.6 Å². The zero-order chi connectivity index (χ0) is 15.2. The summed E-state index contributed by atoms with van der Waals surface area (Å²) in [5.74, 6) is 0.837. The number of halogens is 1. The van der Waals surface area contributed by atoms with Crippen molar-refractivity contribution >= 4 is 17.7 Å². The Kier molecular flexibility index (Phi) is 5.41. The van der Waals surface area contributed by atoms with Crippen LogP contribution in [0.4, 0.5) is 4.39 Å². The first kappa shape index (κ1) is 15.6.